The Balaban J connectivity index is 1.04. The molecule has 278 valence electrons. The Morgan fingerprint density at radius 2 is 1.56 bits per heavy atom. The van der Waals surface area contributed by atoms with E-state index in [9.17, 15) is 27.9 Å². The minimum Gasteiger partial charge on any atom is -0.490 e. The summed E-state index contributed by atoms with van der Waals surface area (Å²) in [5.41, 5.74) is -1.65. The van der Waals surface area contributed by atoms with Gasteiger partial charge >= 0.3 is 12.1 Å². The van der Waals surface area contributed by atoms with Crippen molar-refractivity contribution in [1.82, 2.24) is 24.8 Å². The second-order valence-electron chi connectivity index (χ2n) is 15.3. The maximum absolute atomic E-state index is 14.8. The van der Waals surface area contributed by atoms with Crippen molar-refractivity contribution in [3.63, 3.8) is 0 Å². The molecule has 13 heteroatoms. The van der Waals surface area contributed by atoms with Crippen molar-refractivity contribution in [3.05, 3.63) is 96.6 Å². The highest BCUT2D eigenvalue weighted by molar-refractivity contribution is 6.01. The number of fused-ring (bicyclic) bond motifs is 1. The molecule has 2 N–H and O–H groups in total. The lowest BCUT2D eigenvalue weighted by molar-refractivity contribution is -0.163. The van der Waals surface area contributed by atoms with E-state index in [1.807, 2.05) is 53.1 Å². The number of benzene rings is 2. The lowest BCUT2D eigenvalue weighted by Gasteiger charge is -2.59. The summed E-state index contributed by atoms with van der Waals surface area (Å²) in [6, 6.07) is 19.3. The molecule has 1 amide bonds. The molecule has 0 atom stereocenters. The molecule has 5 aromatic rings. The SMILES string of the molecule is O=C(NC1(C(=O)O)C2CC3CC(C2)CC1C3)c1ccc(-c2cn(-c3ccccc3)c3cc(OC4CCN(c5ncccn5)CC4)ccc23)nc1C(F)(F)F. The van der Waals surface area contributed by atoms with Gasteiger partial charge in [-0.15, -0.1) is 0 Å². The van der Waals surface area contributed by atoms with E-state index in [0.29, 0.717) is 65.7 Å². The monoisotopic (exact) mass is 736 g/mol. The predicted molar refractivity (Wildman–Crippen MR) is 194 cm³/mol. The van der Waals surface area contributed by atoms with Crippen molar-refractivity contribution in [2.45, 2.75) is 62.8 Å². The third-order valence-electron chi connectivity index (χ3n) is 12.2. The lowest BCUT2D eigenvalue weighted by atomic mass is 9.48. The Kier molecular flexibility index (Phi) is 8.35. The number of alkyl halides is 3. The zero-order valence-electron chi connectivity index (χ0n) is 29.4. The van der Waals surface area contributed by atoms with Crippen LogP contribution in [-0.2, 0) is 11.0 Å². The zero-order valence-corrected chi connectivity index (χ0v) is 29.4. The summed E-state index contributed by atoms with van der Waals surface area (Å²) in [7, 11) is 0. The lowest BCUT2D eigenvalue weighted by Crippen LogP contribution is -2.70. The highest BCUT2D eigenvalue weighted by Crippen LogP contribution is 2.58. The van der Waals surface area contributed by atoms with Crippen LogP contribution in [0.1, 0.15) is 61.0 Å². The largest absolute Gasteiger partial charge is 0.490 e. The summed E-state index contributed by atoms with van der Waals surface area (Å²) in [6.07, 6.45) is 5.38. The molecule has 0 radical (unpaired) electrons. The van der Waals surface area contributed by atoms with Gasteiger partial charge in [0.15, 0.2) is 5.69 Å². The van der Waals surface area contributed by atoms with E-state index in [4.69, 9.17) is 4.74 Å². The van der Waals surface area contributed by atoms with Crippen LogP contribution in [0.3, 0.4) is 0 Å². The molecule has 4 saturated carbocycles. The summed E-state index contributed by atoms with van der Waals surface area (Å²) in [5.74, 6) is -0.743. The first-order chi connectivity index (χ1) is 26.1. The van der Waals surface area contributed by atoms with E-state index in [2.05, 4.69) is 25.2 Å². The minimum atomic E-state index is -4.98. The predicted octanol–water partition coefficient (Wildman–Crippen LogP) is 7.56. The molecule has 5 aliphatic rings. The van der Waals surface area contributed by atoms with Crippen molar-refractivity contribution >= 4 is 28.7 Å². The Morgan fingerprint density at radius 1 is 0.870 bits per heavy atom. The average molecular weight is 737 g/mol. The molecule has 1 saturated heterocycles. The van der Waals surface area contributed by atoms with E-state index in [0.717, 1.165) is 44.1 Å². The third-order valence-corrected chi connectivity index (χ3v) is 12.2. The van der Waals surface area contributed by atoms with Crippen LogP contribution in [-0.4, -0.2) is 61.2 Å². The third kappa shape index (κ3) is 5.93. The molecule has 5 fully saturated rings. The van der Waals surface area contributed by atoms with Gasteiger partial charge in [-0.05, 0) is 98.2 Å². The Bertz CT molecular complexity index is 2190. The number of carbonyl (C=O) groups is 2. The summed E-state index contributed by atoms with van der Waals surface area (Å²) >= 11 is 0. The molecule has 2 aromatic carbocycles. The van der Waals surface area contributed by atoms with Gasteiger partial charge in [0.2, 0.25) is 5.95 Å². The summed E-state index contributed by atoms with van der Waals surface area (Å²) in [6.45, 7) is 1.48. The van der Waals surface area contributed by atoms with Gasteiger partial charge in [-0.2, -0.15) is 13.2 Å². The van der Waals surface area contributed by atoms with Crippen LogP contribution in [0.15, 0.2) is 85.3 Å². The standard InChI is InChI=1S/C41H39F3N6O4/c42-41(43,44)36-32(37(51)48-40(38(52)53)26-18-24-17-25(20-26)21-27(40)19-24)9-10-34(47-36)33-23-50(28-5-2-1-3-6-28)35-22-30(7-8-31(33)35)54-29-11-15-49(16-12-29)39-45-13-4-14-46-39/h1-10,13-14,22-27,29H,11-12,15-21H2,(H,48,51)(H,52,53). The number of piperidine rings is 1. The minimum absolute atomic E-state index is 0.0327. The van der Waals surface area contributed by atoms with Gasteiger partial charge in [-0.3, -0.25) is 4.79 Å². The van der Waals surface area contributed by atoms with Crippen LogP contribution in [0.4, 0.5) is 19.1 Å². The molecule has 3 aromatic heterocycles. The molecular formula is C41H39F3N6O4. The smallest absolute Gasteiger partial charge is 0.434 e. The first-order valence-corrected chi connectivity index (χ1v) is 18.6. The number of amides is 1. The van der Waals surface area contributed by atoms with E-state index in [-0.39, 0.29) is 23.6 Å². The van der Waals surface area contributed by atoms with Gasteiger partial charge in [0, 0.05) is 67.2 Å². The molecule has 0 spiro atoms. The van der Waals surface area contributed by atoms with Crippen LogP contribution in [0.2, 0.25) is 0 Å². The van der Waals surface area contributed by atoms with Crippen molar-refractivity contribution in [1.29, 1.82) is 0 Å². The molecule has 4 bridgehead atoms. The molecule has 0 unspecified atom stereocenters. The highest BCUT2D eigenvalue weighted by Gasteiger charge is 2.62. The molecule has 10 rings (SSSR count). The van der Waals surface area contributed by atoms with Crippen LogP contribution >= 0.6 is 0 Å². The summed E-state index contributed by atoms with van der Waals surface area (Å²) in [5, 5.41) is 13.8. The van der Waals surface area contributed by atoms with E-state index in [1.165, 1.54) is 6.07 Å². The van der Waals surface area contributed by atoms with Crippen LogP contribution in [0, 0.1) is 23.7 Å². The molecule has 54 heavy (non-hydrogen) atoms. The number of rotatable bonds is 8. The van der Waals surface area contributed by atoms with Gasteiger partial charge in [-0.25, -0.2) is 19.7 Å². The molecule has 4 aliphatic carbocycles. The van der Waals surface area contributed by atoms with Crippen molar-refractivity contribution in [3.8, 4) is 22.7 Å². The number of aliphatic carboxylic acids is 1. The molecule has 1 aliphatic heterocycles. The molecular weight excluding hydrogens is 697 g/mol. The van der Waals surface area contributed by atoms with Crippen molar-refractivity contribution in [2.24, 2.45) is 23.7 Å². The number of carbonyl (C=O) groups excluding carboxylic acids is 1. The average Bonchev–Trinajstić information content (AvgIpc) is 3.55. The Hall–Kier alpha value is -5.46. The number of carboxylic acid groups (broad SMARTS) is 1. The molecule has 10 nitrogen and oxygen atoms in total. The van der Waals surface area contributed by atoms with Crippen LogP contribution in [0.5, 0.6) is 5.75 Å². The Labute approximate surface area is 309 Å². The Morgan fingerprint density at radius 3 is 2.20 bits per heavy atom. The fourth-order valence-electron chi connectivity index (χ4n) is 9.91. The topological polar surface area (TPSA) is 122 Å². The first-order valence-electron chi connectivity index (χ1n) is 18.6. The number of nitrogens with one attached hydrogen (secondary N) is 1. The van der Waals surface area contributed by atoms with E-state index in [1.54, 1.807) is 24.7 Å². The number of anilines is 1. The maximum atomic E-state index is 14.8. The number of ether oxygens (including phenoxy) is 1. The summed E-state index contributed by atoms with van der Waals surface area (Å²) < 4.78 is 52.8. The van der Waals surface area contributed by atoms with Crippen molar-refractivity contribution < 1.29 is 32.6 Å². The van der Waals surface area contributed by atoms with Crippen LogP contribution < -0.4 is 15.0 Å². The number of pyridine rings is 1. The number of hydrogen-bond acceptors (Lipinski definition) is 7. The zero-order chi connectivity index (χ0) is 37.2. The van der Waals surface area contributed by atoms with Gasteiger partial charge in [0.1, 0.15) is 17.4 Å². The van der Waals surface area contributed by atoms with Crippen LogP contribution in [0.25, 0.3) is 27.8 Å². The van der Waals surface area contributed by atoms with Gasteiger partial charge in [0.05, 0.1) is 16.8 Å². The maximum Gasteiger partial charge on any atom is 0.434 e. The number of nitrogens with zero attached hydrogens (tertiary/aromatic N) is 5. The van der Waals surface area contributed by atoms with Gasteiger partial charge in [-0.1, -0.05) is 18.2 Å². The number of aromatic nitrogens is 4. The van der Waals surface area contributed by atoms with Gasteiger partial charge in [0.25, 0.3) is 5.91 Å². The quantitative estimate of drug-likeness (QED) is 0.168. The van der Waals surface area contributed by atoms with E-state index >= 15 is 0 Å². The first kappa shape index (κ1) is 34.3. The highest BCUT2D eigenvalue weighted by atomic mass is 19.4. The normalized spacial score (nSPS) is 25.2. The number of carboxylic acids is 1. The van der Waals surface area contributed by atoms with Crippen molar-refractivity contribution in [2.75, 3.05) is 18.0 Å². The molecule has 4 heterocycles. The number of hydrogen-bond donors (Lipinski definition) is 2. The second kappa shape index (κ2) is 13.1. The summed E-state index contributed by atoms with van der Waals surface area (Å²) in [4.78, 5) is 41.6. The fourth-order valence-corrected chi connectivity index (χ4v) is 9.91. The van der Waals surface area contributed by atoms with E-state index < -0.39 is 34.8 Å². The number of halogens is 3. The van der Waals surface area contributed by atoms with Gasteiger partial charge < -0.3 is 24.6 Å². The second-order valence-corrected chi connectivity index (χ2v) is 15.3. The fraction of sp³-hybridized carbons (Fsp3) is 0.390. The number of para-hydroxylation sites is 1.